The van der Waals surface area contributed by atoms with Gasteiger partial charge in [-0.05, 0) is 6.07 Å². The van der Waals surface area contributed by atoms with Crippen molar-refractivity contribution in [1.82, 2.24) is 4.98 Å². The number of carboxylic acid groups (broad SMARTS) is 1. The van der Waals surface area contributed by atoms with E-state index in [0.29, 0.717) is 0 Å². The standard InChI is InChI=1S/C7H3Cl2F2NO2/c8-2-1-3(9)5(7(13)14)12-4(2)6(10)11/h1,6H,(H,13,14). The Hall–Kier alpha value is -0.940. The number of carbonyl (C=O) groups is 1. The molecule has 0 aliphatic rings. The highest BCUT2D eigenvalue weighted by atomic mass is 35.5. The summed E-state index contributed by atoms with van der Waals surface area (Å²) in [5.41, 5.74) is -1.42. The van der Waals surface area contributed by atoms with Crippen LogP contribution in [0.5, 0.6) is 0 Å². The number of nitrogens with zero attached hydrogens (tertiary/aromatic N) is 1. The minimum atomic E-state index is -2.93. The van der Waals surface area contributed by atoms with Gasteiger partial charge in [0.1, 0.15) is 5.69 Å². The molecule has 76 valence electrons. The average molecular weight is 242 g/mol. The molecule has 0 unspecified atom stereocenters. The topological polar surface area (TPSA) is 50.2 Å². The maximum absolute atomic E-state index is 12.2. The normalized spacial score (nSPS) is 10.6. The van der Waals surface area contributed by atoms with Crippen LogP contribution in [-0.4, -0.2) is 16.1 Å². The van der Waals surface area contributed by atoms with Crippen molar-refractivity contribution in [3.8, 4) is 0 Å². The Bertz CT molecular complexity index is 384. The molecule has 0 amide bonds. The van der Waals surface area contributed by atoms with E-state index in [1.165, 1.54) is 0 Å². The first-order valence-corrected chi connectivity index (χ1v) is 4.06. The molecule has 0 fully saturated rings. The predicted molar refractivity (Wildman–Crippen MR) is 46.2 cm³/mol. The van der Waals surface area contributed by atoms with E-state index < -0.39 is 23.8 Å². The number of halogens is 4. The SMILES string of the molecule is O=C(O)c1nc(C(F)F)c(Cl)cc1Cl. The maximum Gasteiger partial charge on any atom is 0.356 e. The summed E-state index contributed by atoms with van der Waals surface area (Å²) in [5, 5.41) is 7.90. The van der Waals surface area contributed by atoms with Crippen molar-refractivity contribution in [2.45, 2.75) is 6.43 Å². The Morgan fingerprint density at radius 2 is 2.00 bits per heavy atom. The van der Waals surface area contributed by atoms with Crippen molar-refractivity contribution < 1.29 is 18.7 Å². The summed E-state index contributed by atoms with van der Waals surface area (Å²) in [7, 11) is 0. The molecule has 1 rings (SSSR count). The molecule has 3 nitrogen and oxygen atoms in total. The van der Waals surface area contributed by atoms with Crippen LogP contribution in [0.4, 0.5) is 8.78 Å². The fraction of sp³-hybridized carbons (Fsp3) is 0.143. The second kappa shape index (κ2) is 4.06. The molecular weight excluding hydrogens is 239 g/mol. The van der Waals surface area contributed by atoms with Crippen LogP contribution in [0.1, 0.15) is 22.6 Å². The smallest absolute Gasteiger partial charge is 0.356 e. The summed E-state index contributed by atoms with van der Waals surface area (Å²) in [6, 6.07) is 0.932. The highest BCUT2D eigenvalue weighted by Crippen LogP contribution is 2.29. The number of carboxylic acids is 1. The third-order valence-electron chi connectivity index (χ3n) is 1.37. The van der Waals surface area contributed by atoms with Crippen LogP contribution < -0.4 is 0 Å². The Labute approximate surface area is 87.3 Å². The van der Waals surface area contributed by atoms with Crippen molar-refractivity contribution in [3.63, 3.8) is 0 Å². The summed E-state index contributed by atoms with van der Waals surface area (Å²) in [4.78, 5) is 13.6. The molecule has 0 aliphatic carbocycles. The van der Waals surface area contributed by atoms with Gasteiger partial charge in [0.2, 0.25) is 0 Å². The second-order valence-electron chi connectivity index (χ2n) is 2.29. The van der Waals surface area contributed by atoms with Crippen LogP contribution >= 0.6 is 23.2 Å². The quantitative estimate of drug-likeness (QED) is 0.866. The molecule has 1 aromatic rings. The lowest BCUT2D eigenvalue weighted by atomic mass is 10.3. The molecule has 14 heavy (non-hydrogen) atoms. The molecule has 0 spiro atoms. The molecule has 0 radical (unpaired) electrons. The van der Waals surface area contributed by atoms with E-state index in [1.807, 2.05) is 0 Å². The molecule has 0 saturated heterocycles. The number of rotatable bonds is 2. The Morgan fingerprint density at radius 3 is 2.43 bits per heavy atom. The van der Waals surface area contributed by atoms with Crippen molar-refractivity contribution >= 4 is 29.2 Å². The Morgan fingerprint density at radius 1 is 1.43 bits per heavy atom. The highest BCUT2D eigenvalue weighted by Gasteiger charge is 2.20. The zero-order valence-corrected chi connectivity index (χ0v) is 7.98. The molecule has 1 aromatic heterocycles. The van der Waals surface area contributed by atoms with Gasteiger partial charge in [-0.25, -0.2) is 18.6 Å². The van der Waals surface area contributed by atoms with E-state index in [4.69, 9.17) is 28.3 Å². The number of aromatic nitrogens is 1. The van der Waals surface area contributed by atoms with E-state index in [1.54, 1.807) is 0 Å². The van der Waals surface area contributed by atoms with Gasteiger partial charge in [0.05, 0.1) is 10.0 Å². The lowest BCUT2D eigenvalue weighted by Crippen LogP contribution is -2.05. The molecule has 0 atom stereocenters. The molecule has 1 N–H and O–H groups in total. The lowest BCUT2D eigenvalue weighted by molar-refractivity contribution is 0.0689. The lowest BCUT2D eigenvalue weighted by Gasteiger charge is -2.04. The van der Waals surface area contributed by atoms with Crippen LogP contribution in [0.25, 0.3) is 0 Å². The van der Waals surface area contributed by atoms with Gasteiger partial charge in [-0.2, -0.15) is 0 Å². The van der Waals surface area contributed by atoms with Crippen LogP contribution in [-0.2, 0) is 0 Å². The molecule has 7 heteroatoms. The van der Waals surface area contributed by atoms with E-state index in [-0.39, 0.29) is 10.0 Å². The summed E-state index contributed by atoms with van der Waals surface area (Å²) in [5.74, 6) is -1.48. The zero-order valence-electron chi connectivity index (χ0n) is 6.47. The number of pyridine rings is 1. The number of alkyl halides is 2. The van der Waals surface area contributed by atoms with E-state index >= 15 is 0 Å². The summed E-state index contributed by atoms with van der Waals surface area (Å²) in [6.07, 6.45) is -2.93. The van der Waals surface area contributed by atoms with Gasteiger partial charge >= 0.3 is 5.97 Å². The third kappa shape index (κ3) is 2.10. The van der Waals surface area contributed by atoms with Crippen LogP contribution in [0.3, 0.4) is 0 Å². The molecular formula is C7H3Cl2F2NO2. The minimum Gasteiger partial charge on any atom is -0.476 e. The van der Waals surface area contributed by atoms with Crippen molar-refractivity contribution in [2.75, 3.05) is 0 Å². The molecule has 0 aromatic carbocycles. The van der Waals surface area contributed by atoms with Gasteiger partial charge in [0.15, 0.2) is 5.69 Å². The van der Waals surface area contributed by atoms with E-state index in [2.05, 4.69) is 4.98 Å². The molecule has 1 heterocycles. The van der Waals surface area contributed by atoms with Crippen LogP contribution in [0.15, 0.2) is 6.07 Å². The zero-order chi connectivity index (χ0) is 10.9. The summed E-state index contributed by atoms with van der Waals surface area (Å²) >= 11 is 10.8. The molecule has 0 saturated carbocycles. The van der Waals surface area contributed by atoms with Gasteiger partial charge in [0.25, 0.3) is 6.43 Å². The number of hydrogen-bond acceptors (Lipinski definition) is 2. The van der Waals surface area contributed by atoms with Gasteiger partial charge < -0.3 is 5.11 Å². The van der Waals surface area contributed by atoms with Gasteiger partial charge in [-0.15, -0.1) is 0 Å². The number of hydrogen-bond donors (Lipinski definition) is 1. The first-order chi connectivity index (χ1) is 6.43. The first kappa shape index (κ1) is 11.1. The van der Waals surface area contributed by atoms with Crippen LogP contribution in [0.2, 0.25) is 10.0 Å². The predicted octanol–water partition coefficient (Wildman–Crippen LogP) is 3.02. The number of aromatic carboxylic acids is 1. The fourth-order valence-electron chi connectivity index (χ4n) is 0.784. The van der Waals surface area contributed by atoms with Crippen molar-refractivity contribution in [1.29, 1.82) is 0 Å². The highest BCUT2D eigenvalue weighted by molar-refractivity contribution is 6.36. The Balaban J connectivity index is 3.34. The molecule has 0 aliphatic heterocycles. The average Bonchev–Trinajstić information content (AvgIpc) is 2.02. The van der Waals surface area contributed by atoms with Gasteiger partial charge in [-0.1, -0.05) is 23.2 Å². The molecule has 0 bridgehead atoms. The minimum absolute atomic E-state index is 0.271. The summed E-state index contributed by atoms with van der Waals surface area (Å²) < 4.78 is 24.4. The Kier molecular flexibility index (Phi) is 3.23. The van der Waals surface area contributed by atoms with Crippen molar-refractivity contribution in [3.05, 3.63) is 27.5 Å². The van der Waals surface area contributed by atoms with Crippen LogP contribution in [0, 0.1) is 0 Å². The van der Waals surface area contributed by atoms with Gasteiger partial charge in [0, 0.05) is 0 Å². The third-order valence-corrected chi connectivity index (χ3v) is 1.96. The van der Waals surface area contributed by atoms with Gasteiger partial charge in [-0.3, -0.25) is 0 Å². The maximum atomic E-state index is 12.2. The van der Waals surface area contributed by atoms with E-state index in [0.717, 1.165) is 6.07 Å². The first-order valence-electron chi connectivity index (χ1n) is 3.31. The van der Waals surface area contributed by atoms with E-state index in [9.17, 15) is 13.6 Å². The monoisotopic (exact) mass is 241 g/mol. The largest absolute Gasteiger partial charge is 0.476 e. The summed E-state index contributed by atoms with van der Waals surface area (Å²) in [6.45, 7) is 0. The second-order valence-corrected chi connectivity index (χ2v) is 3.11. The fourth-order valence-corrected chi connectivity index (χ4v) is 1.31. The van der Waals surface area contributed by atoms with Crippen molar-refractivity contribution in [2.24, 2.45) is 0 Å².